The summed E-state index contributed by atoms with van der Waals surface area (Å²) in [6.45, 7) is 2.22. The van der Waals surface area contributed by atoms with Crippen LogP contribution in [-0.2, 0) is 0 Å². The van der Waals surface area contributed by atoms with Gasteiger partial charge in [0, 0.05) is 18.4 Å². The molecule has 0 saturated heterocycles. The van der Waals surface area contributed by atoms with Crippen LogP contribution in [0.5, 0.6) is 0 Å². The maximum Gasteiger partial charge on any atom is 0.0332 e. The van der Waals surface area contributed by atoms with E-state index in [0.717, 1.165) is 0 Å². The zero-order valence-electron chi connectivity index (χ0n) is 8.46. The molecule has 0 aliphatic rings. The number of aromatic nitrogens is 1. The molecule has 13 heavy (non-hydrogen) atoms. The molecule has 1 aromatic heterocycles. The normalized spacial score (nSPS) is 12.8. The molecule has 1 aromatic rings. The van der Waals surface area contributed by atoms with E-state index in [9.17, 15) is 0 Å². The van der Waals surface area contributed by atoms with Crippen LogP contribution in [-0.4, -0.2) is 12.0 Å². The van der Waals surface area contributed by atoms with Gasteiger partial charge in [-0.15, -0.1) is 0 Å². The SMILES string of the molecule is CCCCC(NC)c1cccnc1. The number of unbranched alkanes of at least 4 members (excludes halogenated alkanes) is 1. The van der Waals surface area contributed by atoms with Gasteiger partial charge in [-0.2, -0.15) is 0 Å². The number of pyridine rings is 1. The molecule has 0 spiro atoms. The van der Waals surface area contributed by atoms with Gasteiger partial charge in [-0.1, -0.05) is 25.8 Å². The van der Waals surface area contributed by atoms with Gasteiger partial charge in [0.2, 0.25) is 0 Å². The first-order valence-electron chi connectivity index (χ1n) is 4.95. The van der Waals surface area contributed by atoms with Gasteiger partial charge in [0.25, 0.3) is 0 Å². The van der Waals surface area contributed by atoms with Gasteiger partial charge in [0.15, 0.2) is 0 Å². The number of nitrogens with one attached hydrogen (secondary N) is 1. The van der Waals surface area contributed by atoms with Crippen LogP contribution in [0.2, 0.25) is 0 Å². The van der Waals surface area contributed by atoms with Crippen LogP contribution in [0.15, 0.2) is 24.5 Å². The Bertz CT molecular complexity index is 221. The molecule has 1 N–H and O–H groups in total. The van der Waals surface area contributed by atoms with Crippen molar-refractivity contribution in [2.45, 2.75) is 32.2 Å². The lowest BCUT2D eigenvalue weighted by atomic mass is 10.0. The number of hydrogen-bond donors (Lipinski definition) is 1. The van der Waals surface area contributed by atoms with Gasteiger partial charge in [-0.3, -0.25) is 4.98 Å². The van der Waals surface area contributed by atoms with Crippen molar-refractivity contribution in [1.29, 1.82) is 0 Å². The van der Waals surface area contributed by atoms with Crippen molar-refractivity contribution in [3.8, 4) is 0 Å². The molecule has 72 valence electrons. The van der Waals surface area contributed by atoms with E-state index in [1.54, 1.807) is 0 Å². The van der Waals surface area contributed by atoms with Crippen LogP contribution in [0.4, 0.5) is 0 Å². The molecule has 0 bridgehead atoms. The Labute approximate surface area is 80.4 Å². The van der Waals surface area contributed by atoms with Crippen molar-refractivity contribution in [1.82, 2.24) is 10.3 Å². The first-order chi connectivity index (χ1) is 6.38. The molecule has 0 amide bonds. The summed E-state index contributed by atoms with van der Waals surface area (Å²) in [7, 11) is 2.01. The van der Waals surface area contributed by atoms with Crippen LogP contribution in [0, 0.1) is 0 Å². The second kappa shape index (κ2) is 5.70. The van der Waals surface area contributed by atoms with Crippen molar-refractivity contribution < 1.29 is 0 Å². The lowest BCUT2D eigenvalue weighted by Crippen LogP contribution is -2.16. The third kappa shape index (κ3) is 3.15. The van der Waals surface area contributed by atoms with E-state index in [0.29, 0.717) is 6.04 Å². The first kappa shape index (κ1) is 10.2. The molecule has 1 unspecified atom stereocenters. The summed E-state index contributed by atoms with van der Waals surface area (Å²) in [5.41, 5.74) is 1.29. The molecule has 0 aromatic carbocycles. The van der Waals surface area contributed by atoms with Crippen molar-refractivity contribution in [3.05, 3.63) is 30.1 Å². The zero-order valence-corrected chi connectivity index (χ0v) is 8.46. The van der Waals surface area contributed by atoms with E-state index >= 15 is 0 Å². The minimum atomic E-state index is 0.466. The van der Waals surface area contributed by atoms with E-state index in [2.05, 4.69) is 23.3 Å². The van der Waals surface area contributed by atoms with E-state index in [-0.39, 0.29) is 0 Å². The molecule has 0 fully saturated rings. The Morgan fingerprint density at radius 2 is 2.38 bits per heavy atom. The lowest BCUT2D eigenvalue weighted by molar-refractivity contribution is 0.521. The van der Waals surface area contributed by atoms with Crippen LogP contribution < -0.4 is 5.32 Å². The van der Waals surface area contributed by atoms with Crippen molar-refractivity contribution >= 4 is 0 Å². The number of nitrogens with zero attached hydrogens (tertiary/aromatic N) is 1. The molecule has 0 aliphatic carbocycles. The van der Waals surface area contributed by atoms with Gasteiger partial charge in [0.1, 0.15) is 0 Å². The highest BCUT2D eigenvalue weighted by molar-refractivity contribution is 5.13. The van der Waals surface area contributed by atoms with E-state index < -0.39 is 0 Å². The highest BCUT2D eigenvalue weighted by atomic mass is 14.9. The summed E-state index contributed by atoms with van der Waals surface area (Å²) in [5, 5.41) is 3.31. The Morgan fingerprint density at radius 1 is 1.54 bits per heavy atom. The number of hydrogen-bond acceptors (Lipinski definition) is 2. The maximum atomic E-state index is 4.12. The fourth-order valence-electron chi connectivity index (χ4n) is 1.47. The second-order valence-electron chi connectivity index (χ2n) is 3.27. The third-order valence-corrected chi connectivity index (χ3v) is 2.28. The average Bonchev–Trinajstić information content (AvgIpc) is 2.21. The molecule has 0 radical (unpaired) electrons. The summed E-state index contributed by atoms with van der Waals surface area (Å²) in [6.07, 6.45) is 7.46. The highest BCUT2D eigenvalue weighted by Gasteiger charge is 2.06. The standard InChI is InChI=1S/C11H18N2/c1-3-4-7-11(12-2)10-6-5-8-13-9-10/h5-6,8-9,11-12H,3-4,7H2,1-2H3. The zero-order chi connectivity index (χ0) is 9.52. The molecule has 1 rings (SSSR count). The Hall–Kier alpha value is -0.890. The van der Waals surface area contributed by atoms with Crippen molar-refractivity contribution in [2.75, 3.05) is 7.05 Å². The summed E-state index contributed by atoms with van der Waals surface area (Å²) in [4.78, 5) is 4.12. The third-order valence-electron chi connectivity index (χ3n) is 2.28. The van der Waals surface area contributed by atoms with E-state index in [4.69, 9.17) is 0 Å². The lowest BCUT2D eigenvalue weighted by Gasteiger charge is -2.15. The van der Waals surface area contributed by atoms with E-state index in [1.807, 2.05) is 25.5 Å². The van der Waals surface area contributed by atoms with Crippen molar-refractivity contribution in [2.24, 2.45) is 0 Å². The molecule has 1 heterocycles. The summed E-state index contributed by atoms with van der Waals surface area (Å²) in [6, 6.07) is 4.59. The molecule has 0 saturated carbocycles. The average molecular weight is 178 g/mol. The van der Waals surface area contributed by atoms with Gasteiger partial charge in [-0.25, -0.2) is 0 Å². The van der Waals surface area contributed by atoms with Gasteiger partial charge in [-0.05, 0) is 25.1 Å². The molecular formula is C11H18N2. The van der Waals surface area contributed by atoms with Crippen LogP contribution in [0.3, 0.4) is 0 Å². The highest BCUT2D eigenvalue weighted by Crippen LogP contribution is 2.17. The second-order valence-corrected chi connectivity index (χ2v) is 3.27. The van der Waals surface area contributed by atoms with Gasteiger partial charge < -0.3 is 5.32 Å². The minimum absolute atomic E-state index is 0.466. The summed E-state index contributed by atoms with van der Waals surface area (Å²) < 4.78 is 0. The Balaban J connectivity index is 2.56. The quantitative estimate of drug-likeness (QED) is 0.749. The minimum Gasteiger partial charge on any atom is -0.313 e. The fourth-order valence-corrected chi connectivity index (χ4v) is 1.47. The number of rotatable bonds is 5. The molecule has 2 heteroatoms. The molecule has 2 nitrogen and oxygen atoms in total. The van der Waals surface area contributed by atoms with Crippen molar-refractivity contribution in [3.63, 3.8) is 0 Å². The molecular weight excluding hydrogens is 160 g/mol. The smallest absolute Gasteiger partial charge is 0.0332 e. The molecule has 0 aliphatic heterocycles. The van der Waals surface area contributed by atoms with Crippen LogP contribution >= 0.6 is 0 Å². The summed E-state index contributed by atoms with van der Waals surface area (Å²) >= 11 is 0. The summed E-state index contributed by atoms with van der Waals surface area (Å²) in [5.74, 6) is 0. The first-order valence-corrected chi connectivity index (χ1v) is 4.95. The topological polar surface area (TPSA) is 24.9 Å². The predicted molar refractivity (Wildman–Crippen MR) is 55.6 cm³/mol. The Morgan fingerprint density at radius 3 is 2.92 bits per heavy atom. The maximum absolute atomic E-state index is 4.12. The molecule has 1 atom stereocenters. The van der Waals surface area contributed by atoms with Crippen LogP contribution in [0.25, 0.3) is 0 Å². The van der Waals surface area contributed by atoms with Crippen LogP contribution in [0.1, 0.15) is 37.8 Å². The largest absolute Gasteiger partial charge is 0.313 e. The monoisotopic (exact) mass is 178 g/mol. The van der Waals surface area contributed by atoms with Gasteiger partial charge >= 0.3 is 0 Å². The fraction of sp³-hybridized carbons (Fsp3) is 0.545. The van der Waals surface area contributed by atoms with Gasteiger partial charge in [0.05, 0.1) is 0 Å². The Kier molecular flexibility index (Phi) is 4.47. The van der Waals surface area contributed by atoms with E-state index in [1.165, 1.54) is 24.8 Å². The predicted octanol–water partition coefficient (Wildman–Crippen LogP) is 2.53.